The Labute approximate surface area is 198 Å². The van der Waals surface area contributed by atoms with Gasteiger partial charge in [-0.25, -0.2) is 4.68 Å². The van der Waals surface area contributed by atoms with Crippen molar-refractivity contribution in [3.05, 3.63) is 96.2 Å². The van der Waals surface area contributed by atoms with Gasteiger partial charge in [0.05, 0.1) is 11.7 Å². The van der Waals surface area contributed by atoms with E-state index in [-0.39, 0.29) is 12.1 Å². The van der Waals surface area contributed by atoms with E-state index in [0.29, 0.717) is 6.61 Å². The number of carbonyl (C=O) groups is 1. The van der Waals surface area contributed by atoms with Crippen molar-refractivity contribution in [1.82, 2.24) is 9.78 Å². The quantitative estimate of drug-likeness (QED) is 0.350. The lowest BCUT2D eigenvalue weighted by Crippen LogP contribution is -2.18. The zero-order valence-electron chi connectivity index (χ0n) is 18.9. The minimum atomic E-state index is -0.198. The topological polar surface area (TPSA) is 65.4 Å². The lowest BCUT2D eigenvalue weighted by atomic mass is 10.1. The zero-order valence-corrected chi connectivity index (χ0v) is 18.9. The fraction of sp³-hybridized carbons (Fsp3) is 0.214. The first kappa shape index (κ1) is 21.9. The molecule has 2 heterocycles. The van der Waals surface area contributed by atoms with Crippen LogP contribution in [-0.2, 0) is 16.1 Å². The van der Waals surface area contributed by atoms with E-state index in [0.717, 1.165) is 59.3 Å². The molecule has 0 aliphatic carbocycles. The Morgan fingerprint density at radius 1 is 1.09 bits per heavy atom. The van der Waals surface area contributed by atoms with Gasteiger partial charge in [-0.3, -0.25) is 4.79 Å². The van der Waals surface area contributed by atoms with Crippen LogP contribution in [0.3, 0.4) is 0 Å². The number of nitrogens with one attached hydrogen (secondary N) is 1. The molecule has 3 aromatic carbocycles. The maximum Gasteiger partial charge on any atom is 0.248 e. The average molecular weight is 454 g/mol. The van der Waals surface area contributed by atoms with Crippen LogP contribution in [-0.4, -0.2) is 22.3 Å². The van der Waals surface area contributed by atoms with Gasteiger partial charge in [-0.15, -0.1) is 0 Å². The van der Waals surface area contributed by atoms with Crippen LogP contribution in [0.15, 0.2) is 85.1 Å². The minimum absolute atomic E-state index is 0.0246. The molecule has 1 unspecified atom stereocenters. The summed E-state index contributed by atoms with van der Waals surface area (Å²) in [4.78, 5) is 12.7. The van der Waals surface area contributed by atoms with Crippen LogP contribution in [0.25, 0.3) is 17.0 Å². The first-order chi connectivity index (χ1) is 16.8. The molecule has 4 aromatic rings. The molecule has 0 radical (unpaired) electrons. The number of amides is 1. The third-order valence-electron chi connectivity index (χ3n) is 5.89. The minimum Gasteiger partial charge on any atom is -0.489 e. The van der Waals surface area contributed by atoms with Crippen LogP contribution in [0.4, 0.5) is 5.69 Å². The van der Waals surface area contributed by atoms with E-state index in [1.165, 1.54) is 0 Å². The number of para-hydroxylation sites is 2. The molecule has 1 atom stereocenters. The molecule has 1 aromatic heterocycles. The summed E-state index contributed by atoms with van der Waals surface area (Å²) in [7, 11) is 0. The van der Waals surface area contributed by atoms with E-state index in [1.54, 1.807) is 6.08 Å². The summed E-state index contributed by atoms with van der Waals surface area (Å²) in [5, 5.41) is 8.56. The van der Waals surface area contributed by atoms with Gasteiger partial charge >= 0.3 is 0 Å². The highest BCUT2D eigenvalue weighted by molar-refractivity contribution is 6.02. The molecule has 6 heteroatoms. The van der Waals surface area contributed by atoms with E-state index >= 15 is 0 Å². The number of carbonyl (C=O) groups excluding carboxylic acids is 1. The van der Waals surface area contributed by atoms with Crippen LogP contribution in [0, 0.1) is 0 Å². The van der Waals surface area contributed by atoms with Crippen LogP contribution in [0.5, 0.6) is 5.75 Å². The summed E-state index contributed by atoms with van der Waals surface area (Å²) in [6.07, 6.45) is 8.41. The largest absolute Gasteiger partial charge is 0.489 e. The first-order valence-electron chi connectivity index (χ1n) is 11.6. The molecule has 0 saturated carbocycles. The summed E-state index contributed by atoms with van der Waals surface area (Å²) in [5.74, 6) is 0.591. The van der Waals surface area contributed by atoms with Crippen LogP contribution < -0.4 is 10.1 Å². The van der Waals surface area contributed by atoms with Gasteiger partial charge in [-0.1, -0.05) is 48.5 Å². The van der Waals surface area contributed by atoms with E-state index in [1.807, 2.05) is 89.8 Å². The lowest BCUT2D eigenvalue weighted by molar-refractivity contribution is -0.111. The number of ether oxygens (including phenoxy) is 2. The summed E-state index contributed by atoms with van der Waals surface area (Å²) in [6, 6.07) is 23.3. The van der Waals surface area contributed by atoms with Gasteiger partial charge in [0, 0.05) is 29.3 Å². The highest BCUT2D eigenvalue weighted by atomic mass is 16.5. The Kier molecular flexibility index (Phi) is 6.68. The number of hydrogen-bond donors (Lipinski definition) is 1. The Morgan fingerprint density at radius 2 is 1.94 bits per heavy atom. The standard InChI is InChI=1S/C28H27N3O3/c32-27(30-25-11-5-4-8-23(25)20-34-24-9-2-1-3-10-24)16-14-21-13-15-22-19-29-31(26(22)18-21)28-12-6-7-17-33-28/h1-5,8-11,13-16,18-19,28H,6-7,12,17,20H2,(H,30,32)/b16-14+. The van der Waals surface area contributed by atoms with Crippen LogP contribution in [0.2, 0.25) is 0 Å². The molecule has 0 bridgehead atoms. The maximum atomic E-state index is 12.7. The molecule has 1 N–H and O–H groups in total. The van der Waals surface area contributed by atoms with Crippen LogP contribution >= 0.6 is 0 Å². The predicted molar refractivity (Wildman–Crippen MR) is 133 cm³/mol. The Morgan fingerprint density at radius 3 is 2.79 bits per heavy atom. The first-order valence-corrected chi connectivity index (χ1v) is 11.6. The third-order valence-corrected chi connectivity index (χ3v) is 5.89. The highest BCUT2D eigenvalue weighted by Crippen LogP contribution is 2.27. The third kappa shape index (κ3) is 5.18. The molecule has 1 saturated heterocycles. The summed E-state index contributed by atoms with van der Waals surface area (Å²) in [5.41, 5.74) is 3.58. The molecule has 1 aliphatic heterocycles. The Balaban J connectivity index is 1.27. The fourth-order valence-corrected chi connectivity index (χ4v) is 4.10. The smallest absolute Gasteiger partial charge is 0.248 e. The van der Waals surface area contributed by atoms with E-state index in [9.17, 15) is 4.79 Å². The Bertz CT molecular complexity index is 1290. The number of hydrogen-bond acceptors (Lipinski definition) is 4. The lowest BCUT2D eigenvalue weighted by Gasteiger charge is -2.23. The van der Waals surface area contributed by atoms with Crippen molar-refractivity contribution < 1.29 is 14.3 Å². The van der Waals surface area contributed by atoms with Gasteiger partial charge in [0.2, 0.25) is 5.91 Å². The molecule has 1 amide bonds. The van der Waals surface area contributed by atoms with Crippen molar-refractivity contribution >= 4 is 28.6 Å². The molecule has 34 heavy (non-hydrogen) atoms. The summed E-state index contributed by atoms with van der Waals surface area (Å²) < 4.78 is 13.7. The molecular formula is C28H27N3O3. The SMILES string of the molecule is O=C(/C=C/c1ccc2cnn(C3CCCCO3)c2c1)Nc1ccccc1COc1ccccc1. The van der Waals surface area contributed by atoms with Crippen molar-refractivity contribution in [3.63, 3.8) is 0 Å². The number of benzene rings is 3. The number of fused-ring (bicyclic) bond motifs is 1. The summed E-state index contributed by atoms with van der Waals surface area (Å²) in [6.45, 7) is 1.14. The molecule has 1 fully saturated rings. The number of rotatable bonds is 7. The maximum absolute atomic E-state index is 12.7. The van der Waals surface area contributed by atoms with Crippen LogP contribution in [0.1, 0.15) is 36.6 Å². The van der Waals surface area contributed by atoms with Crippen molar-refractivity contribution in [2.24, 2.45) is 0 Å². The molecule has 5 rings (SSSR count). The van der Waals surface area contributed by atoms with Gasteiger partial charge in [-0.05, 0) is 55.2 Å². The van der Waals surface area contributed by atoms with Gasteiger partial charge < -0.3 is 14.8 Å². The molecular weight excluding hydrogens is 426 g/mol. The fourth-order valence-electron chi connectivity index (χ4n) is 4.10. The van der Waals surface area contributed by atoms with Gasteiger partial charge in [0.15, 0.2) is 6.23 Å². The van der Waals surface area contributed by atoms with Gasteiger partial charge in [0.25, 0.3) is 0 Å². The van der Waals surface area contributed by atoms with Crippen molar-refractivity contribution in [3.8, 4) is 5.75 Å². The van der Waals surface area contributed by atoms with Crippen molar-refractivity contribution in [2.75, 3.05) is 11.9 Å². The second kappa shape index (κ2) is 10.4. The monoisotopic (exact) mass is 453 g/mol. The molecule has 6 nitrogen and oxygen atoms in total. The predicted octanol–water partition coefficient (Wildman–Crippen LogP) is 5.97. The highest BCUT2D eigenvalue weighted by Gasteiger charge is 2.18. The number of nitrogens with zero attached hydrogens (tertiary/aromatic N) is 2. The van der Waals surface area contributed by atoms with E-state index in [2.05, 4.69) is 10.4 Å². The molecule has 172 valence electrons. The molecule has 0 spiro atoms. The number of aromatic nitrogens is 2. The van der Waals surface area contributed by atoms with Crippen molar-refractivity contribution in [1.29, 1.82) is 0 Å². The van der Waals surface area contributed by atoms with Gasteiger partial charge in [0.1, 0.15) is 12.4 Å². The van der Waals surface area contributed by atoms with E-state index < -0.39 is 0 Å². The zero-order chi connectivity index (χ0) is 23.2. The summed E-state index contributed by atoms with van der Waals surface area (Å²) >= 11 is 0. The molecule has 1 aliphatic rings. The normalized spacial score (nSPS) is 16.1. The van der Waals surface area contributed by atoms with Gasteiger partial charge in [-0.2, -0.15) is 5.10 Å². The average Bonchev–Trinajstić information content (AvgIpc) is 3.31. The van der Waals surface area contributed by atoms with E-state index in [4.69, 9.17) is 9.47 Å². The Hall–Kier alpha value is -3.90. The second-order valence-corrected chi connectivity index (χ2v) is 8.31. The second-order valence-electron chi connectivity index (χ2n) is 8.31. The number of anilines is 1. The van der Waals surface area contributed by atoms with Crippen molar-refractivity contribution in [2.45, 2.75) is 32.1 Å².